The van der Waals surface area contributed by atoms with Gasteiger partial charge in [-0.05, 0) is 30.5 Å². The number of hydrazone groups is 1. The van der Waals surface area contributed by atoms with E-state index in [2.05, 4.69) is 79.0 Å². The molecule has 1 heterocycles. The second kappa shape index (κ2) is 6.07. The van der Waals surface area contributed by atoms with E-state index < -0.39 is 0 Å². The highest BCUT2D eigenvalue weighted by molar-refractivity contribution is 5.79. The van der Waals surface area contributed by atoms with Gasteiger partial charge in [-0.2, -0.15) is 5.10 Å². The SMILES string of the molecule is Cc1ccc2c(c1)[C@@](C)(/C=N/N(C)C)C[C@@H](c1ccccc1)N2. The molecule has 0 aromatic heterocycles. The third-order valence-corrected chi connectivity index (χ3v) is 4.52. The molecular weight excluding hydrogens is 282 g/mol. The number of benzene rings is 2. The molecule has 23 heavy (non-hydrogen) atoms. The van der Waals surface area contributed by atoms with Crippen LogP contribution in [-0.2, 0) is 5.41 Å². The zero-order valence-electron chi connectivity index (χ0n) is 14.4. The summed E-state index contributed by atoms with van der Waals surface area (Å²) in [6, 6.07) is 17.6. The van der Waals surface area contributed by atoms with Gasteiger partial charge in [0.2, 0.25) is 0 Å². The number of nitrogens with one attached hydrogen (secondary N) is 1. The predicted molar refractivity (Wildman–Crippen MR) is 98.1 cm³/mol. The Morgan fingerprint density at radius 2 is 1.91 bits per heavy atom. The second-order valence-corrected chi connectivity index (χ2v) is 6.87. The Morgan fingerprint density at radius 1 is 1.17 bits per heavy atom. The Morgan fingerprint density at radius 3 is 2.61 bits per heavy atom. The van der Waals surface area contributed by atoms with Gasteiger partial charge in [0, 0.05) is 31.4 Å². The number of hydrogen-bond donors (Lipinski definition) is 1. The van der Waals surface area contributed by atoms with Gasteiger partial charge in [0.25, 0.3) is 0 Å². The van der Waals surface area contributed by atoms with Crippen molar-refractivity contribution in [2.45, 2.75) is 31.7 Å². The lowest BCUT2D eigenvalue weighted by molar-refractivity contribution is 0.426. The lowest BCUT2D eigenvalue weighted by Crippen LogP contribution is -2.35. The van der Waals surface area contributed by atoms with Gasteiger partial charge in [-0.1, -0.05) is 55.0 Å². The average Bonchev–Trinajstić information content (AvgIpc) is 2.54. The molecule has 3 nitrogen and oxygen atoms in total. The maximum atomic E-state index is 4.56. The molecule has 0 radical (unpaired) electrons. The first-order valence-electron chi connectivity index (χ1n) is 8.13. The average molecular weight is 307 g/mol. The number of anilines is 1. The molecule has 1 aliphatic heterocycles. The Kier molecular flexibility index (Phi) is 4.12. The molecule has 3 rings (SSSR count). The fraction of sp³-hybridized carbons (Fsp3) is 0.350. The van der Waals surface area contributed by atoms with Crippen LogP contribution in [0, 0.1) is 6.92 Å². The quantitative estimate of drug-likeness (QED) is 0.674. The van der Waals surface area contributed by atoms with Crippen molar-refractivity contribution in [1.29, 1.82) is 0 Å². The summed E-state index contributed by atoms with van der Waals surface area (Å²) in [6.45, 7) is 4.43. The lowest BCUT2D eigenvalue weighted by Gasteiger charge is -2.39. The maximum absolute atomic E-state index is 4.56. The number of hydrogen-bond acceptors (Lipinski definition) is 3. The van der Waals surface area contributed by atoms with Crippen LogP contribution >= 0.6 is 0 Å². The van der Waals surface area contributed by atoms with Crippen molar-refractivity contribution >= 4 is 11.9 Å². The second-order valence-electron chi connectivity index (χ2n) is 6.87. The lowest BCUT2D eigenvalue weighted by atomic mass is 9.73. The van der Waals surface area contributed by atoms with Gasteiger partial charge in [-0.3, -0.25) is 0 Å². The molecule has 2 aromatic carbocycles. The molecule has 0 fully saturated rings. The van der Waals surface area contributed by atoms with Crippen molar-refractivity contribution in [1.82, 2.24) is 5.01 Å². The summed E-state index contributed by atoms with van der Waals surface area (Å²) in [5.74, 6) is 0. The Hall–Kier alpha value is -2.29. The van der Waals surface area contributed by atoms with Gasteiger partial charge >= 0.3 is 0 Å². The van der Waals surface area contributed by atoms with Gasteiger partial charge in [0.05, 0.1) is 6.04 Å². The number of fused-ring (bicyclic) bond motifs is 1. The van der Waals surface area contributed by atoms with Gasteiger partial charge in [-0.25, -0.2) is 0 Å². The van der Waals surface area contributed by atoms with E-state index in [0.29, 0.717) is 6.04 Å². The van der Waals surface area contributed by atoms with Crippen LogP contribution < -0.4 is 5.32 Å². The topological polar surface area (TPSA) is 27.6 Å². The Balaban J connectivity index is 2.05. The van der Waals surface area contributed by atoms with Crippen LogP contribution in [0.25, 0.3) is 0 Å². The largest absolute Gasteiger partial charge is 0.378 e. The highest BCUT2D eigenvalue weighted by Gasteiger charge is 2.36. The molecule has 1 aliphatic rings. The fourth-order valence-corrected chi connectivity index (χ4v) is 3.28. The van der Waals surface area contributed by atoms with Crippen LogP contribution in [0.2, 0.25) is 0 Å². The van der Waals surface area contributed by atoms with Crippen molar-refractivity contribution in [2.75, 3.05) is 19.4 Å². The summed E-state index contributed by atoms with van der Waals surface area (Å²) in [4.78, 5) is 0. The standard InChI is InChI=1S/C20H25N3/c1-15-10-11-18-17(12-15)20(2,14-21-23(3)4)13-19(22-18)16-8-6-5-7-9-16/h5-12,14,19,22H,13H2,1-4H3/b21-14+/t19-,20+/m0/s1. The molecule has 0 aliphatic carbocycles. The van der Waals surface area contributed by atoms with Crippen LogP contribution in [0.4, 0.5) is 5.69 Å². The minimum Gasteiger partial charge on any atom is -0.378 e. The minimum atomic E-state index is -0.0859. The van der Waals surface area contributed by atoms with Crippen molar-refractivity contribution in [3.8, 4) is 0 Å². The number of nitrogens with zero attached hydrogens (tertiary/aromatic N) is 2. The van der Waals surface area contributed by atoms with Crippen molar-refractivity contribution in [3.05, 3.63) is 65.2 Å². The van der Waals surface area contributed by atoms with Crippen LogP contribution in [0.15, 0.2) is 53.6 Å². The summed E-state index contributed by atoms with van der Waals surface area (Å²) >= 11 is 0. The van der Waals surface area contributed by atoms with E-state index in [0.717, 1.165) is 6.42 Å². The third-order valence-electron chi connectivity index (χ3n) is 4.52. The number of aryl methyl sites for hydroxylation is 1. The van der Waals surface area contributed by atoms with E-state index in [9.17, 15) is 0 Å². The summed E-state index contributed by atoms with van der Waals surface area (Å²) in [5, 5.41) is 10.1. The first-order chi connectivity index (χ1) is 11.0. The van der Waals surface area contributed by atoms with Crippen molar-refractivity contribution < 1.29 is 0 Å². The van der Waals surface area contributed by atoms with E-state index >= 15 is 0 Å². The molecule has 0 saturated carbocycles. The monoisotopic (exact) mass is 307 g/mol. The molecule has 2 atom stereocenters. The van der Waals surface area contributed by atoms with E-state index in [4.69, 9.17) is 0 Å². The van der Waals surface area contributed by atoms with Gasteiger partial charge in [0.1, 0.15) is 0 Å². The zero-order valence-corrected chi connectivity index (χ0v) is 14.4. The Bertz CT molecular complexity index is 706. The maximum Gasteiger partial charge on any atom is 0.0525 e. The molecule has 0 saturated heterocycles. The van der Waals surface area contributed by atoms with E-state index in [1.165, 1.54) is 22.4 Å². The molecule has 2 aromatic rings. The van der Waals surface area contributed by atoms with Crippen LogP contribution in [0.5, 0.6) is 0 Å². The molecule has 120 valence electrons. The number of rotatable bonds is 3. The molecule has 0 amide bonds. The molecule has 0 spiro atoms. The molecule has 0 bridgehead atoms. The first kappa shape index (κ1) is 15.6. The van der Waals surface area contributed by atoms with Gasteiger partial charge in [0.15, 0.2) is 0 Å². The molecule has 1 N–H and O–H groups in total. The highest BCUT2D eigenvalue weighted by Crippen LogP contribution is 2.43. The summed E-state index contributed by atoms with van der Waals surface area (Å²) < 4.78 is 0. The van der Waals surface area contributed by atoms with Crippen LogP contribution in [0.1, 0.15) is 36.1 Å². The highest BCUT2D eigenvalue weighted by atomic mass is 15.4. The van der Waals surface area contributed by atoms with Gasteiger partial charge in [-0.15, -0.1) is 0 Å². The zero-order chi connectivity index (χ0) is 16.4. The van der Waals surface area contributed by atoms with E-state index in [-0.39, 0.29) is 5.41 Å². The minimum absolute atomic E-state index is 0.0859. The van der Waals surface area contributed by atoms with Crippen LogP contribution in [-0.4, -0.2) is 25.3 Å². The van der Waals surface area contributed by atoms with Crippen molar-refractivity contribution in [3.63, 3.8) is 0 Å². The van der Waals surface area contributed by atoms with Crippen LogP contribution in [0.3, 0.4) is 0 Å². The third kappa shape index (κ3) is 3.24. The molecular formula is C20H25N3. The summed E-state index contributed by atoms with van der Waals surface area (Å²) in [6.07, 6.45) is 3.09. The van der Waals surface area contributed by atoms with Gasteiger partial charge < -0.3 is 10.3 Å². The molecule has 0 unspecified atom stereocenters. The fourth-order valence-electron chi connectivity index (χ4n) is 3.28. The van der Waals surface area contributed by atoms with Crippen molar-refractivity contribution in [2.24, 2.45) is 5.10 Å². The predicted octanol–water partition coefficient (Wildman–Crippen LogP) is 4.36. The smallest absolute Gasteiger partial charge is 0.0525 e. The molecule has 3 heteroatoms. The first-order valence-corrected chi connectivity index (χ1v) is 8.13. The summed E-state index contributed by atoms with van der Waals surface area (Å²) in [5.41, 5.74) is 5.06. The normalized spacial score (nSPS) is 23.4. The Labute approximate surface area is 139 Å². The summed E-state index contributed by atoms with van der Waals surface area (Å²) in [7, 11) is 3.93. The van der Waals surface area contributed by atoms with E-state index in [1.54, 1.807) is 0 Å². The van der Waals surface area contributed by atoms with E-state index in [1.807, 2.05) is 19.1 Å².